The molecule has 3 aromatic rings. The first kappa shape index (κ1) is 17.6. The van der Waals surface area contributed by atoms with Crippen LogP contribution in [0.2, 0.25) is 0 Å². The van der Waals surface area contributed by atoms with Crippen molar-refractivity contribution in [2.24, 2.45) is 10.8 Å². The molecule has 0 bridgehead atoms. The zero-order chi connectivity index (χ0) is 18.1. The van der Waals surface area contributed by atoms with Gasteiger partial charge in [-0.25, -0.2) is 0 Å². The predicted octanol–water partition coefficient (Wildman–Crippen LogP) is 2.43. The van der Waals surface area contributed by atoms with Gasteiger partial charge in [0.25, 0.3) is 0 Å². The Morgan fingerprint density at radius 2 is 2.08 bits per heavy atom. The molecule has 1 aliphatic heterocycles. The summed E-state index contributed by atoms with van der Waals surface area (Å²) in [5, 5.41) is 15.8. The number of aromatic nitrogens is 2. The zero-order valence-corrected chi connectivity index (χ0v) is 16.5. The van der Waals surface area contributed by atoms with E-state index < -0.39 is 0 Å². The van der Waals surface area contributed by atoms with Gasteiger partial charge in [0.15, 0.2) is 0 Å². The van der Waals surface area contributed by atoms with Gasteiger partial charge in [-0.05, 0) is 0 Å². The number of hydrogen-bond donors (Lipinski definition) is 2. The van der Waals surface area contributed by atoms with Crippen molar-refractivity contribution in [1.82, 2.24) is 15.2 Å². The van der Waals surface area contributed by atoms with Crippen LogP contribution in [0.4, 0.5) is 4.39 Å². The number of aromatic amines is 1. The number of hydrogen-bond acceptors (Lipinski definition) is 5. The molecule has 0 fully saturated rings. The minimum atomic E-state index is -0.229. The first-order chi connectivity index (χ1) is 12.6. The number of nitrogens with two attached hydrogens (primary N) is 1. The van der Waals surface area contributed by atoms with Gasteiger partial charge in [0, 0.05) is 0 Å². The molecule has 4 rings (SSSR count). The fourth-order valence-electron chi connectivity index (χ4n) is 2.91. The van der Waals surface area contributed by atoms with Crippen LogP contribution in [0.5, 0.6) is 0 Å². The van der Waals surface area contributed by atoms with Crippen LogP contribution < -0.4 is 5.73 Å². The van der Waals surface area contributed by atoms with E-state index in [9.17, 15) is 4.39 Å². The number of rotatable bonds is 5. The third kappa shape index (κ3) is 3.80. The molecule has 1 aromatic heterocycles. The first-order valence-electron chi connectivity index (χ1n) is 8.22. The molecule has 1 unspecified atom stereocenters. The average molecular weight is 429 g/mol. The van der Waals surface area contributed by atoms with Crippen molar-refractivity contribution in [2.45, 2.75) is 16.6 Å². The first-order valence-corrected chi connectivity index (χ1v) is 10.2. The van der Waals surface area contributed by atoms with Crippen molar-refractivity contribution < 1.29 is 4.39 Å². The van der Waals surface area contributed by atoms with E-state index in [0.717, 1.165) is 27.1 Å². The molecular weight excluding hydrogens is 412 g/mol. The Morgan fingerprint density at radius 1 is 1.27 bits per heavy atom. The summed E-state index contributed by atoms with van der Waals surface area (Å²) in [6.45, 7) is 0.640. The van der Waals surface area contributed by atoms with Crippen molar-refractivity contribution >= 4 is 44.6 Å². The van der Waals surface area contributed by atoms with E-state index in [2.05, 4.69) is 33.1 Å². The van der Waals surface area contributed by atoms with E-state index in [1.54, 1.807) is 23.9 Å². The number of nitrogens with zero attached hydrogens (tertiary/aromatic N) is 3. The molecule has 2 radical (unpaired) electrons. The molecular formula is C18H17AsFN5S. The number of H-pyrrole nitrogens is 1. The van der Waals surface area contributed by atoms with Crippen LogP contribution in [0.15, 0.2) is 53.8 Å². The van der Waals surface area contributed by atoms with Gasteiger partial charge in [-0.2, -0.15) is 0 Å². The van der Waals surface area contributed by atoms with Gasteiger partial charge in [0.1, 0.15) is 0 Å². The summed E-state index contributed by atoms with van der Waals surface area (Å²) >= 11 is 4.34. The van der Waals surface area contributed by atoms with Gasteiger partial charge in [-0.3, -0.25) is 0 Å². The van der Waals surface area contributed by atoms with E-state index >= 15 is 0 Å². The number of thioether (sulfide) groups is 1. The Kier molecular flexibility index (Phi) is 5.02. The molecule has 0 saturated carbocycles. The summed E-state index contributed by atoms with van der Waals surface area (Å²) in [6, 6.07) is 12.6. The predicted molar refractivity (Wildman–Crippen MR) is 105 cm³/mol. The summed E-state index contributed by atoms with van der Waals surface area (Å²) in [4.78, 5) is 0. The van der Waals surface area contributed by atoms with Gasteiger partial charge in [-0.1, -0.05) is 0 Å². The maximum atomic E-state index is 13.0. The van der Waals surface area contributed by atoms with Crippen LogP contribution in [-0.2, 0) is 6.42 Å². The monoisotopic (exact) mass is 429 g/mol. The van der Waals surface area contributed by atoms with Gasteiger partial charge in [-0.15, -0.1) is 0 Å². The van der Waals surface area contributed by atoms with Crippen molar-refractivity contribution in [3.05, 3.63) is 65.6 Å². The standard InChI is InChI=1S/C18H17AsFN5S/c19-18-25(10-15(21)7-11-1-4-14(20)5-2-11)24-17(26-18)12-3-6-16-13(8-12)9-22-23-16/h1-6,8-9,15,18H,7,10,21H2,(H,22,23)/t15-,18?/m1/s1. The Labute approximate surface area is 163 Å². The molecule has 2 aromatic carbocycles. The van der Waals surface area contributed by atoms with E-state index in [-0.39, 0.29) is 16.0 Å². The summed E-state index contributed by atoms with van der Waals surface area (Å²) in [5.74, 6) is -0.229. The Morgan fingerprint density at radius 3 is 2.88 bits per heavy atom. The van der Waals surface area contributed by atoms with Crippen LogP contribution in [0.3, 0.4) is 0 Å². The molecule has 0 amide bonds. The second-order valence-electron chi connectivity index (χ2n) is 6.23. The van der Waals surface area contributed by atoms with Gasteiger partial charge >= 0.3 is 164 Å². The number of halogens is 1. The topological polar surface area (TPSA) is 70.3 Å². The summed E-state index contributed by atoms with van der Waals surface area (Å²) in [7, 11) is 0. The van der Waals surface area contributed by atoms with Crippen molar-refractivity contribution in [3.63, 3.8) is 0 Å². The normalized spacial score (nSPS) is 18.3. The van der Waals surface area contributed by atoms with Crippen molar-refractivity contribution in [3.8, 4) is 0 Å². The minimum absolute atomic E-state index is 0.0767. The Hall–Kier alpha value is -1.82. The SMILES string of the molecule is N[C@H](Cc1ccc(F)cc1)CN1N=C(c2ccc3[nH]ncc3c2)SC1[As]. The van der Waals surface area contributed by atoms with Crippen LogP contribution in [-0.4, -0.2) is 53.9 Å². The molecule has 5 nitrogen and oxygen atoms in total. The Bertz CT molecular complexity index is 942. The molecule has 2 heterocycles. The van der Waals surface area contributed by atoms with Gasteiger partial charge in [0.2, 0.25) is 0 Å². The number of fused-ring (bicyclic) bond motifs is 1. The van der Waals surface area contributed by atoms with E-state index in [1.165, 1.54) is 12.1 Å². The van der Waals surface area contributed by atoms with Crippen LogP contribution in [0.1, 0.15) is 11.1 Å². The zero-order valence-electron chi connectivity index (χ0n) is 13.8. The van der Waals surface area contributed by atoms with E-state index in [0.29, 0.717) is 13.0 Å². The summed E-state index contributed by atoms with van der Waals surface area (Å²) in [5.41, 5.74) is 9.42. The van der Waals surface area contributed by atoms with E-state index in [1.807, 2.05) is 23.3 Å². The fourth-order valence-corrected chi connectivity index (χ4v) is 4.72. The molecule has 0 aliphatic carbocycles. The van der Waals surface area contributed by atoms with Crippen molar-refractivity contribution in [2.75, 3.05) is 6.54 Å². The second-order valence-corrected chi connectivity index (χ2v) is 9.09. The maximum absolute atomic E-state index is 13.0. The molecule has 132 valence electrons. The molecule has 0 saturated heterocycles. The number of hydrazone groups is 1. The third-order valence-electron chi connectivity index (χ3n) is 4.21. The van der Waals surface area contributed by atoms with Crippen LogP contribution >= 0.6 is 11.8 Å². The summed E-state index contributed by atoms with van der Waals surface area (Å²) < 4.78 is 13.2. The van der Waals surface area contributed by atoms with Crippen molar-refractivity contribution in [1.29, 1.82) is 0 Å². The van der Waals surface area contributed by atoms with Crippen LogP contribution in [0, 0.1) is 5.82 Å². The molecule has 0 spiro atoms. The second kappa shape index (κ2) is 7.43. The Balaban J connectivity index is 1.45. The molecule has 1 aliphatic rings. The quantitative estimate of drug-likeness (QED) is 0.612. The van der Waals surface area contributed by atoms with Crippen LogP contribution in [0.25, 0.3) is 10.9 Å². The summed E-state index contributed by atoms with van der Waals surface area (Å²) in [6.07, 6.45) is 2.50. The number of nitrogens with one attached hydrogen (secondary N) is 1. The third-order valence-corrected chi connectivity index (χ3v) is 6.43. The fraction of sp³-hybridized carbons (Fsp3) is 0.222. The average Bonchev–Trinajstić information content (AvgIpc) is 3.23. The van der Waals surface area contributed by atoms with Gasteiger partial charge < -0.3 is 0 Å². The number of benzene rings is 2. The van der Waals surface area contributed by atoms with E-state index in [4.69, 9.17) is 10.8 Å². The molecule has 3 N–H and O–H groups in total. The molecule has 26 heavy (non-hydrogen) atoms. The van der Waals surface area contributed by atoms with Gasteiger partial charge in [0.05, 0.1) is 0 Å². The molecule has 8 heteroatoms. The molecule has 2 atom stereocenters.